The van der Waals surface area contributed by atoms with Crippen molar-refractivity contribution < 1.29 is 17.9 Å². The van der Waals surface area contributed by atoms with Crippen LogP contribution in [0.2, 0.25) is 0 Å². The Hall–Kier alpha value is -4.31. The highest BCUT2D eigenvalue weighted by molar-refractivity contribution is 7.92. The number of benzene rings is 3. The average molecular weight is 503 g/mol. The highest BCUT2D eigenvalue weighted by Crippen LogP contribution is 2.34. The molecule has 3 aromatic carbocycles. The second-order valence-electron chi connectivity index (χ2n) is 8.52. The number of hydrogen-bond acceptors (Lipinski definition) is 6. The first kappa shape index (κ1) is 22.2. The molecule has 2 N–H and O–H groups in total. The molecule has 6 rings (SSSR count). The van der Waals surface area contributed by atoms with Gasteiger partial charge >= 0.3 is 0 Å². The Morgan fingerprint density at radius 1 is 1.00 bits per heavy atom. The molecular weight excluding hydrogens is 480 g/mol. The predicted octanol–water partition coefficient (Wildman–Crippen LogP) is 3.92. The molecule has 0 saturated heterocycles. The molecule has 0 bridgehead atoms. The van der Waals surface area contributed by atoms with Crippen molar-refractivity contribution in [1.29, 1.82) is 0 Å². The van der Waals surface area contributed by atoms with E-state index in [9.17, 15) is 13.2 Å². The fourth-order valence-corrected chi connectivity index (χ4v) is 5.97. The predicted molar refractivity (Wildman–Crippen MR) is 137 cm³/mol. The first-order valence-corrected chi connectivity index (χ1v) is 12.8. The van der Waals surface area contributed by atoms with Crippen LogP contribution < -0.4 is 19.8 Å². The summed E-state index contributed by atoms with van der Waals surface area (Å²) in [5, 5.41) is 1.46. The van der Waals surface area contributed by atoms with Crippen molar-refractivity contribution in [3.63, 3.8) is 0 Å². The number of para-hydroxylation sites is 1. The number of sulfonamides is 1. The number of rotatable bonds is 5. The zero-order valence-corrected chi connectivity index (χ0v) is 20.3. The van der Waals surface area contributed by atoms with Gasteiger partial charge in [-0.15, -0.1) is 0 Å². The monoisotopic (exact) mass is 502 g/mol. The maximum Gasteiger partial charge on any atom is 0.265 e. The summed E-state index contributed by atoms with van der Waals surface area (Å²) < 4.78 is 40.8. The lowest BCUT2D eigenvalue weighted by Gasteiger charge is -2.19. The Labute approximate surface area is 206 Å². The summed E-state index contributed by atoms with van der Waals surface area (Å²) >= 11 is 0. The van der Waals surface area contributed by atoms with Gasteiger partial charge in [-0.2, -0.15) is 0 Å². The number of H-pyrrole nitrogens is 1. The molecule has 1 aliphatic heterocycles. The van der Waals surface area contributed by atoms with Crippen LogP contribution in [-0.2, 0) is 23.0 Å². The fourth-order valence-electron chi connectivity index (χ4n) is 4.76. The molecule has 0 spiro atoms. The summed E-state index contributed by atoms with van der Waals surface area (Å²) in [5.41, 5.74) is 3.52. The minimum Gasteiger partial charge on any atom is -0.497 e. The fraction of sp³-hybridized carbons (Fsp3) is 0.154. The normalized spacial score (nSPS) is 12.8. The molecular formula is C26H22N4O5S. The van der Waals surface area contributed by atoms with E-state index in [0.717, 1.165) is 22.2 Å². The number of aromatic amines is 1. The van der Waals surface area contributed by atoms with Crippen LogP contribution in [-0.4, -0.2) is 37.2 Å². The van der Waals surface area contributed by atoms with Crippen LogP contribution in [0.5, 0.6) is 11.5 Å². The number of ether oxygens (including phenoxy) is 2. The Morgan fingerprint density at radius 3 is 2.64 bits per heavy atom. The lowest BCUT2D eigenvalue weighted by atomic mass is 10.0. The largest absolute Gasteiger partial charge is 0.497 e. The lowest BCUT2D eigenvalue weighted by Crippen LogP contribution is -2.27. The number of aryl methyl sites for hydroxylation is 1. The van der Waals surface area contributed by atoms with Crippen molar-refractivity contribution in [2.24, 2.45) is 0 Å². The highest BCUT2D eigenvalue weighted by atomic mass is 32.2. The van der Waals surface area contributed by atoms with Gasteiger partial charge in [0.1, 0.15) is 16.4 Å². The molecule has 0 atom stereocenters. The lowest BCUT2D eigenvalue weighted by molar-refractivity contribution is 0.386. The summed E-state index contributed by atoms with van der Waals surface area (Å²) in [5.74, 6) is 1.20. The van der Waals surface area contributed by atoms with Crippen molar-refractivity contribution >= 4 is 37.5 Å². The number of hydrogen-bond donors (Lipinski definition) is 2. The first-order chi connectivity index (χ1) is 17.4. The molecule has 182 valence electrons. The van der Waals surface area contributed by atoms with E-state index in [1.54, 1.807) is 22.8 Å². The van der Waals surface area contributed by atoms with Crippen LogP contribution in [0.25, 0.3) is 33.3 Å². The number of methoxy groups -OCH3 is 2. The highest BCUT2D eigenvalue weighted by Gasteiger charge is 2.25. The van der Waals surface area contributed by atoms with E-state index in [1.807, 2.05) is 18.2 Å². The maximum atomic E-state index is 13.5. The summed E-state index contributed by atoms with van der Waals surface area (Å²) in [6.45, 7) is 0.491. The van der Waals surface area contributed by atoms with E-state index in [0.29, 0.717) is 35.4 Å². The van der Waals surface area contributed by atoms with Gasteiger partial charge in [-0.1, -0.05) is 18.2 Å². The van der Waals surface area contributed by atoms with Crippen LogP contribution in [0.1, 0.15) is 5.56 Å². The standard InChI is InChI=1S/C26H22N4O5S/c1-34-16-8-10-23(22(14-16)35-2)36(32,33)29-15-7-9-21-19(13-15)26(31)30-12-11-18-17-5-3-4-6-20(17)27-24(18)25(30)28-21/h3-10,13-14,27,29H,11-12H2,1-2H3. The van der Waals surface area contributed by atoms with E-state index < -0.39 is 10.0 Å². The average Bonchev–Trinajstić information content (AvgIpc) is 3.28. The van der Waals surface area contributed by atoms with E-state index in [2.05, 4.69) is 15.8 Å². The van der Waals surface area contributed by atoms with Gasteiger partial charge in [0.2, 0.25) is 0 Å². The number of nitrogens with one attached hydrogen (secondary N) is 2. The molecule has 0 unspecified atom stereocenters. The van der Waals surface area contributed by atoms with Crippen LogP contribution in [0.3, 0.4) is 0 Å². The van der Waals surface area contributed by atoms with E-state index in [4.69, 9.17) is 14.5 Å². The second-order valence-corrected chi connectivity index (χ2v) is 10.2. The van der Waals surface area contributed by atoms with Crippen molar-refractivity contribution in [2.45, 2.75) is 17.9 Å². The third kappa shape index (κ3) is 3.41. The third-order valence-electron chi connectivity index (χ3n) is 6.49. The van der Waals surface area contributed by atoms with E-state index in [-0.39, 0.29) is 21.9 Å². The molecule has 3 heterocycles. The molecule has 0 fully saturated rings. The molecule has 10 heteroatoms. The SMILES string of the molecule is COc1ccc(S(=O)(=O)Nc2ccc3nc4n(c(=O)c3c2)CCc2c-4[nH]c3ccccc23)c(OC)c1. The summed E-state index contributed by atoms with van der Waals surface area (Å²) in [6, 6.07) is 17.2. The van der Waals surface area contributed by atoms with Gasteiger partial charge in [-0.25, -0.2) is 13.4 Å². The second kappa shape index (κ2) is 8.13. The Balaban J connectivity index is 1.42. The molecule has 5 aromatic rings. The van der Waals surface area contributed by atoms with Gasteiger partial charge in [0.25, 0.3) is 15.6 Å². The van der Waals surface area contributed by atoms with Crippen LogP contribution in [0.4, 0.5) is 5.69 Å². The molecule has 9 nitrogen and oxygen atoms in total. The maximum absolute atomic E-state index is 13.5. The quantitative estimate of drug-likeness (QED) is 0.376. The smallest absolute Gasteiger partial charge is 0.265 e. The molecule has 1 aliphatic rings. The summed E-state index contributed by atoms with van der Waals surface area (Å²) in [6.07, 6.45) is 0.697. The van der Waals surface area contributed by atoms with Gasteiger partial charge in [0.05, 0.1) is 30.8 Å². The number of aromatic nitrogens is 3. The van der Waals surface area contributed by atoms with Gasteiger partial charge in [0.15, 0.2) is 5.82 Å². The first-order valence-electron chi connectivity index (χ1n) is 11.3. The molecule has 0 radical (unpaired) electrons. The minimum atomic E-state index is -4.00. The number of fused-ring (bicyclic) bond motifs is 6. The van der Waals surface area contributed by atoms with Gasteiger partial charge < -0.3 is 14.5 Å². The molecule has 2 aromatic heterocycles. The van der Waals surface area contributed by atoms with Crippen LogP contribution in [0, 0.1) is 0 Å². The van der Waals surface area contributed by atoms with Crippen molar-refractivity contribution in [3.05, 3.63) is 76.6 Å². The topological polar surface area (TPSA) is 115 Å². The molecule has 0 saturated carbocycles. The zero-order chi connectivity index (χ0) is 25.0. The summed E-state index contributed by atoms with van der Waals surface area (Å²) in [4.78, 5) is 21.6. The van der Waals surface area contributed by atoms with Gasteiger partial charge in [-0.05, 0) is 48.4 Å². The van der Waals surface area contributed by atoms with E-state index >= 15 is 0 Å². The van der Waals surface area contributed by atoms with Gasteiger partial charge in [-0.3, -0.25) is 14.1 Å². The van der Waals surface area contributed by atoms with E-state index in [1.165, 1.54) is 32.4 Å². The van der Waals surface area contributed by atoms with Crippen molar-refractivity contribution in [1.82, 2.24) is 14.5 Å². The Kier molecular flexibility index (Phi) is 5.01. The molecule has 0 amide bonds. The van der Waals surface area contributed by atoms with Crippen LogP contribution >= 0.6 is 0 Å². The zero-order valence-electron chi connectivity index (χ0n) is 19.5. The van der Waals surface area contributed by atoms with Crippen molar-refractivity contribution in [2.75, 3.05) is 18.9 Å². The Bertz CT molecular complexity index is 1840. The van der Waals surface area contributed by atoms with Gasteiger partial charge in [0, 0.05) is 29.2 Å². The Morgan fingerprint density at radius 2 is 1.83 bits per heavy atom. The minimum absolute atomic E-state index is 0.0440. The molecule has 0 aliphatic carbocycles. The van der Waals surface area contributed by atoms with Crippen molar-refractivity contribution in [3.8, 4) is 23.0 Å². The van der Waals surface area contributed by atoms with Crippen LogP contribution in [0.15, 0.2) is 70.4 Å². The summed E-state index contributed by atoms with van der Waals surface area (Å²) in [7, 11) is -1.13. The third-order valence-corrected chi connectivity index (χ3v) is 7.91. The number of anilines is 1. The molecule has 36 heavy (non-hydrogen) atoms. The number of nitrogens with zero attached hydrogens (tertiary/aromatic N) is 2.